The Hall–Kier alpha value is -1.55. The molecule has 0 bridgehead atoms. The maximum absolute atomic E-state index is 10.7. The lowest BCUT2D eigenvalue weighted by Crippen LogP contribution is -2.19. The Bertz CT molecular complexity index is 433. The third kappa shape index (κ3) is 3.23. The molecule has 0 aromatic carbocycles. The predicted octanol–water partition coefficient (Wildman–Crippen LogP) is 3.10. The summed E-state index contributed by atoms with van der Waals surface area (Å²) in [7, 11) is 0. The fraction of sp³-hybridized carbons (Fsp3) is 0.500. The Balaban J connectivity index is 1.77. The fourth-order valence-corrected chi connectivity index (χ4v) is 2.12. The summed E-state index contributed by atoms with van der Waals surface area (Å²) < 4.78 is 10.7. The number of aromatic carboxylic acids is 1. The molecule has 1 aromatic rings. The fourth-order valence-electron chi connectivity index (χ4n) is 2.12. The van der Waals surface area contributed by atoms with Crippen molar-refractivity contribution in [3.05, 3.63) is 35.8 Å². The van der Waals surface area contributed by atoms with E-state index in [2.05, 4.69) is 19.1 Å². The summed E-state index contributed by atoms with van der Waals surface area (Å²) in [5.74, 6) is 0.771. The molecule has 2 unspecified atom stereocenters. The molecule has 0 aliphatic heterocycles. The van der Waals surface area contributed by atoms with Crippen molar-refractivity contribution >= 4 is 5.97 Å². The molecule has 2 atom stereocenters. The van der Waals surface area contributed by atoms with E-state index in [1.54, 1.807) is 0 Å². The van der Waals surface area contributed by atoms with E-state index in [4.69, 9.17) is 14.3 Å². The highest BCUT2D eigenvalue weighted by Crippen LogP contribution is 2.25. The van der Waals surface area contributed by atoms with Gasteiger partial charge in [0.2, 0.25) is 0 Å². The van der Waals surface area contributed by atoms with Gasteiger partial charge in [0.15, 0.2) is 0 Å². The number of hydrogen-bond acceptors (Lipinski definition) is 3. The molecule has 0 spiro atoms. The molecular weight excluding hydrogens is 232 g/mol. The first-order valence-electron chi connectivity index (χ1n) is 6.20. The summed E-state index contributed by atoms with van der Waals surface area (Å²) in [6, 6.07) is 1.51. The highest BCUT2D eigenvalue weighted by molar-refractivity contribution is 5.87. The van der Waals surface area contributed by atoms with Crippen LogP contribution in [0.5, 0.6) is 0 Å². The normalized spacial score (nSPS) is 23.2. The van der Waals surface area contributed by atoms with Crippen molar-refractivity contribution in [1.29, 1.82) is 0 Å². The minimum atomic E-state index is -0.976. The van der Waals surface area contributed by atoms with Crippen LogP contribution in [0.2, 0.25) is 0 Å². The zero-order chi connectivity index (χ0) is 13.0. The number of hydrogen-bond donors (Lipinski definition) is 1. The lowest BCUT2D eigenvalue weighted by atomic mass is 9.85. The van der Waals surface area contributed by atoms with E-state index in [0.29, 0.717) is 30.8 Å². The van der Waals surface area contributed by atoms with Gasteiger partial charge in [-0.1, -0.05) is 19.1 Å². The minimum absolute atomic E-state index is 0.169. The number of allylic oxidation sites excluding steroid dienone is 2. The van der Waals surface area contributed by atoms with Gasteiger partial charge in [-0.25, -0.2) is 4.79 Å². The van der Waals surface area contributed by atoms with E-state index in [1.165, 1.54) is 12.3 Å². The molecule has 1 aliphatic rings. The van der Waals surface area contributed by atoms with Crippen LogP contribution in [0.1, 0.15) is 35.9 Å². The van der Waals surface area contributed by atoms with Crippen molar-refractivity contribution in [2.24, 2.45) is 11.8 Å². The molecule has 0 fully saturated rings. The highest BCUT2D eigenvalue weighted by atomic mass is 16.5. The standard InChI is InChI=1S/C14H18O4/c1-10-4-2-3-5-11(10)7-17-9-13-6-12(8-18-13)14(15)16/h2-3,6,8,10-11H,4-5,7,9H2,1H3,(H,15,16). The van der Waals surface area contributed by atoms with E-state index in [-0.39, 0.29) is 5.56 Å². The van der Waals surface area contributed by atoms with Crippen LogP contribution in [0.25, 0.3) is 0 Å². The average molecular weight is 250 g/mol. The van der Waals surface area contributed by atoms with Crippen LogP contribution in [-0.2, 0) is 11.3 Å². The molecule has 0 amide bonds. The summed E-state index contributed by atoms with van der Waals surface area (Å²) in [6.07, 6.45) is 7.82. The first kappa shape index (κ1) is 12.9. The molecule has 0 saturated heterocycles. The van der Waals surface area contributed by atoms with Gasteiger partial charge < -0.3 is 14.3 Å². The lowest BCUT2D eigenvalue weighted by Gasteiger charge is -2.24. The number of furan rings is 1. The molecule has 4 nitrogen and oxygen atoms in total. The molecule has 2 rings (SSSR count). The zero-order valence-corrected chi connectivity index (χ0v) is 10.5. The third-order valence-electron chi connectivity index (χ3n) is 3.40. The van der Waals surface area contributed by atoms with E-state index in [9.17, 15) is 4.79 Å². The topological polar surface area (TPSA) is 59.7 Å². The summed E-state index contributed by atoms with van der Waals surface area (Å²) in [4.78, 5) is 10.7. The number of carbonyl (C=O) groups is 1. The second-order valence-electron chi connectivity index (χ2n) is 4.80. The summed E-state index contributed by atoms with van der Waals surface area (Å²) in [6.45, 7) is 3.25. The summed E-state index contributed by atoms with van der Waals surface area (Å²) >= 11 is 0. The number of rotatable bonds is 5. The van der Waals surface area contributed by atoms with Gasteiger partial charge in [-0.05, 0) is 30.7 Å². The van der Waals surface area contributed by atoms with Crippen LogP contribution < -0.4 is 0 Å². The predicted molar refractivity (Wildman–Crippen MR) is 66.4 cm³/mol. The average Bonchev–Trinajstić information content (AvgIpc) is 2.80. The highest BCUT2D eigenvalue weighted by Gasteiger charge is 2.18. The molecule has 0 saturated carbocycles. The molecule has 98 valence electrons. The van der Waals surface area contributed by atoms with Crippen LogP contribution in [0.15, 0.2) is 28.9 Å². The van der Waals surface area contributed by atoms with Crippen LogP contribution in [0.4, 0.5) is 0 Å². The van der Waals surface area contributed by atoms with Gasteiger partial charge in [0.1, 0.15) is 18.6 Å². The van der Waals surface area contributed by atoms with Gasteiger partial charge in [0.25, 0.3) is 0 Å². The van der Waals surface area contributed by atoms with Crippen molar-refractivity contribution in [3.63, 3.8) is 0 Å². The van der Waals surface area contributed by atoms with Gasteiger partial charge in [-0.15, -0.1) is 0 Å². The number of carboxylic acid groups (broad SMARTS) is 1. The Morgan fingerprint density at radius 1 is 1.50 bits per heavy atom. The van der Waals surface area contributed by atoms with Gasteiger partial charge in [-0.3, -0.25) is 0 Å². The van der Waals surface area contributed by atoms with Gasteiger partial charge in [0, 0.05) is 0 Å². The van der Waals surface area contributed by atoms with E-state index >= 15 is 0 Å². The molecule has 1 aliphatic carbocycles. The molecule has 1 aromatic heterocycles. The van der Waals surface area contributed by atoms with E-state index in [0.717, 1.165) is 12.8 Å². The quantitative estimate of drug-likeness (QED) is 0.816. The van der Waals surface area contributed by atoms with Crippen molar-refractivity contribution in [2.45, 2.75) is 26.4 Å². The maximum Gasteiger partial charge on any atom is 0.338 e. The van der Waals surface area contributed by atoms with Crippen LogP contribution >= 0.6 is 0 Å². The van der Waals surface area contributed by atoms with Gasteiger partial charge in [-0.2, -0.15) is 0 Å². The first-order chi connectivity index (χ1) is 8.66. The second kappa shape index (κ2) is 5.87. The maximum atomic E-state index is 10.7. The van der Waals surface area contributed by atoms with Crippen molar-refractivity contribution in [1.82, 2.24) is 0 Å². The first-order valence-corrected chi connectivity index (χ1v) is 6.20. The molecule has 1 heterocycles. The minimum Gasteiger partial charge on any atom is -0.478 e. The Kier molecular flexibility index (Phi) is 4.20. The lowest BCUT2D eigenvalue weighted by molar-refractivity contribution is 0.0583. The molecule has 4 heteroatoms. The smallest absolute Gasteiger partial charge is 0.338 e. The molecule has 0 radical (unpaired) electrons. The van der Waals surface area contributed by atoms with Crippen molar-refractivity contribution < 1.29 is 19.1 Å². The Morgan fingerprint density at radius 3 is 2.94 bits per heavy atom. The van der Waals surface area contributed by atoms with Gasteiger partial charge >= 0.3 is 5.97 Å². The zero-order valence-electron chi connectivity index (χ0n) is 10.5. The SMILES string of the molecule is CC1CC=CCC1COCc1cc(C(=O)O)co1. The van der Waals surface area contributed by atoms with Crippen LogP contribution in [0.3, 0.4) is 0 Å². The van der Waals surface area contributed by atoms with Crippen LogP contribution in [0, 0.1) is 11.8 Å². The summed E-state index contributed by atoms with van der Waals surface area (Å²) in [5.41, 5.74) is 0.169. The molecule has 1 N–H and O–H groups in total. The van der Waals surface area contributed by atoms with Crippen molar-refractivity contribution in [3.8, 4) is 0 Å². The largest absolute Gasteiger partial charge is 0.478 e. The number of ether oxygens (including phenoxy) is 1. The molecular formula is C14H18O4. The number of carboxylic acids is 1. The van der Waals surface area contributed by atoms with Gasteiger partial charge in [0.05, 0.1) is 12.2 Å². The Morgan fingerprint density at radius 2 is 2.28 bits per heavy atom. The molecule has 18 heavy (non-hydrogen) atoms. The van der Waals surface area contributed by atoms with E-state index < -0.39 is 5.97 Å². The monoisotopic (exact) mass is 250 g/mol. The summed E-state index contributed by atoms with van der Waals surface area (Å²) in [5, 5.41) is 8.75. The second-order valence-corrected chi connectivity index (χ2v) is 4.80. The van der Waals surface area contributed by atoms with Crippen LogP contribution in [-0.4, -0.2) is 17.7 Å². The van der Waals surface area contributed by atoms with E-state index in [1.807, 2.05) is 0 Å². The van der Waals surface area contributed by atoms with Crippen molar-refractivity contribution in [2.75, 3.05) is 6.61 Å². The third-order valence-corrected chi connectivity index (χ3v) is 3.40. The Labute approximate surface area is 106 Å².